The minimum atomic E-state index is -0.755. The molecule has 0 bridgehead atoms. The number of nitrogens with zero attached hydrogens (tertiary/aromatic N) is 2. The maximum Gasteiger partial charge on any atom is 0.254 e. The Hall–Kier alpha value is -3.21. The zero-order valence-corrected chi connectivity index (χ0v) is 11.3. The summed E-state index contributed by atoms with van der Waals surface area (Å²) in [5.74, 6) is -1.23. The van der Waals surface area contributed by atoms with Gasteiger partial charge in [0.15, 0.2) is 0 Å². The summed E-state index contributed by atoms with van der Waals surface area (Å²) in [5, 5.41) is 13.6. The first-order valence-corrected chi connectivity index (χ1v) is 6.62. The van der Waals surface area contributed by atoms with Crippen LogP contribution in [0, 0.1) is 11.3 Å². The number of fused-ring (bicyclic) bond motifs is 1. The molecule has 1 aromatic heterocycles. The van der Waals surface area contributed by atoms with Crippen molar-refractivity contribution in [2.75, 3.05) is 0 Å². The van der Waals surface area contributed by atoms with Crippen molar-refractivity contribution in [1.29, 1.82) is 5.26 Å². The van der Waals surface area contributed by atoms with Gasteiger partial charge in [0.05, 0.1) is 11.1 Å². The minimum Gasteiger partial charge on any atom is -0.340 e. The molecule has 1 saturated heterocycles. The zero-order valence-electron chi connectivity index (χ0n) is 11.3. The fourth-order valence-corrected chi connectivity index (χ4v) is 2.34. The number of aromatic amines is 1. The minimum absolute atomic E-state index is 0.108. The molecule has 1 unspecified atom stereocenters. The maximum absolute atomic E-state index is 12.3. The SMILES string of the molecule is N#Cc1nc2c(C(=O)NC3CCC(=O)NC3=O)cccc2[nH]1. The molecule has 110 valence electrons. The standard InChI is InChI=1S/C14H11N5O3/c15-6-10-16-8-3-1-2-7(12(8)18-10)13(21)17-9-4-5-11(20)19-14(9)22/h1-3,9H,4-5H2,(H,16,18)(H,17,21)(H,19,20,22). The Morgan fingerprint density at radius 1 is 1.41 bits per heavy atom. The smallest absolute Gasteiger partial charge is 0.254 e. The number of imide groups is 1. The summed E-state index contributed by atoms with van der Waals surface area (Å²) in [5.41, 5.74) is 1.19. The lowest BCUT2D eigenvalue weighted by Crippen LogP contribution is -2.52. The summed E-state index contributed by atoms with van der Waals surface area (Å²) in [6.45, 7) is 0. The Morgan fingerprint density at radius 2 is 2.23 bits per heavy atom. The van der Waals surface area contributed by atoms with E-state index in [-0.39, 0.29) is 30.1 Å². The molecule has 1 aliphatic heterocycles. The van der Waals surface area contributed by atoms with Gasteiger partial charge in [0.2, 0.25) is 17.6 Å². The monoisotopic (exact) mass is 297 g/mol. The number of nitrogens with one attached hydrogen (secondary N) is 3. The fraction of sp³-hybridized carbons (Fsp3) is 0.214. The van der Waals surface area contributed by atoms with E-state index in [0.717, 1.165) is 0 Å². The van der Waals surface area contributed by atoms with E-state index in [1.165, 1.54) is 0 Å². The van der Waals surface area contributed by atoms with Gasteiger partial charge in [-0.2, -0.15) is 5.26 Å². The average molecular weight is 297 g/mol. The Labute approximate surface area is 124 Å². The van der Waals surface area contributed by atoms with Crippen LogP contribution < -0.4 is 10.6 Å². The van der Waals surface area contributed by atoms with Crippen LogP contribution in [0.25, 0.3) is 11.0 Å². The van der Waals surface area contributed by atoms with Gasteiger partial charge in [0, 0.05) is 6.42 Å². The number of imidazole rings is 1. The molecule has 0 saturated carbocycles. The van der Waals surface area contributed by atoms with Crippen LogP contribution in [0.5, 0.6) is 0 Å². The molecule has 8 heteroatoms. The highest BCUT2D eigenvalue weighted by molar-refractivity contribution is 6.08. The highest BCUT2D eigenvalue weighted by Gasteiger charge is 2.28. The number of piperidine rings is 1. The summed E-state index contributed by atoms with van der Waals surface area (Å²) in [7, 11) is 0. The highest BCUT2D eigenvalue weighted by Crippen LogP contribution is 2.17. The number of rotatable bonds is 2. The molecular formula is C14H11N5O3. The fourth-order valence-electron chi connectivity index (χ4n) is 2.34. The molecule has 2 heterocycles. The first kappa shape index (κ1) is 13.8. The second-order valence-electron chi connectivity index (χ2n) is 4.88. The Bertz CT molecular complexity index is 833. The van der Waals surface area contributed by atoms with E-state index >= 15 is 0 Å². The second-order valence-corrected chi connectivity index (χ2v) is 4.88. The number of nitriles is 1. The summed E-state index contributed by atoms with van der Waals surface area (Å²) >= 11 is 0. The van der Waals surface area contributed by atoms with Gasteiger partial charge in [0.1, 0.15) is 17.6 Å². The topological polar surface area (TPSA) is 128 Å². The van der Waals surface area contributed by atoms with E-state index in [1.807, 2.05) is 6.07 Å². The van der Waals surface area contributed by atoms with Crippen molar-refractivity contribution in [1.82, 2.24) is 20.6 Å². The molecule has 3 amide bonds. The van der Waals surface area contributed by atoms with Gasteiger partial charge in [-0.1, -0.05) is 6.07 Å². The van der Waals surface area contributed by atoms with Crippen molar-refractivity contribution in [3.8, 4) is 6.07 Å². The maximum atomic E-state index is 12.3. The van der Waals surface area contributed by atoms with Gasteiger partial charge in [-0.15, -0.1) is 0 Å². The van der Waals surface area contributed by atoms with Crippen molar-refractivity contribution in [2.45, 2.75) is 18.9 Å². The molecule has 3 N–H and O–H groups in total. The van der Waals surface area contributed by atoms with Crippen LogP contribution in [0.3, 0.4) is 0 Å². The quantitative estimate of drug-likeness (QED) is 0.671. The molecule has 1 atom stereocenters. The third kappa shape index (κ3) is 2.40. The van der Waals surface area contributed by atoms with Crippen molar-refractivity contribution in [2.24, 2.45) is 0 Å². The summed E-state index contributed by atoms with van der Waals surface area (Å²) in [4.78, 5) is 41.9. The number of benzene rings is 1. The number of carbonyl (C=O) groups excluding carboxylic acids is 3. The summed E-state index contributed by atoms with van der Waals surface area (Å²) in [6, 6.07) is 6.04. The van der Waals surface area contributed by atoms with Crippen LogP contribution >= 0.6 is 0 Å². The number of H-pyrrole nitrogens is 1. The van der Waals surface area contributed by atoms with Gasteiger partial charge in [0.25, 0.3) is 5.91 Å². The molecule has 8 nitrogen and oxygen atoms in total. The van der Waals surface area contributed by atoms with Crippen LogP contribution in [0.4, 0.5) is 0 Å². The Balaban J connectivity index is 1.86. The van der Waals surface area contributed by atoms with Gasteiger partial charge in [-0.3, -0.25) is 19.7 Å². The first-order valence-electron chi connectivity index (χ1n) is 6.62. The van der Waals surface area contributed by atoms with E-state index in [1.54, 1.807) is 18.2 Å². The average Bonchev–Trinajstić information content (AvgIpc) is 2.93. The Morgan fingerprint density at radius 3 is 2.95 bits per heavy atom. The molecule has 0 radical (unpaired) electrons. The van der Waals surface area contributed by atoms with Crippen LogP contribution in [-0.4, -0.2) is 33.7 Å². The summed E-state index contributed by atoms with van der Waals surface area (Å²) in [6.07, 6.45) is 0.443. The summed E-state index contributed by atoms with van der Waals surface area (Å²) < 4.78 is 0. The van der Waals surface area contributed by atoms with Gasteiger partial charge in [-0.25, -0.2) is 4.98 Å². The molecule has 0 spiro atoms. The molecule has 1 aliphatic rings. The highest BCUT2D eigenvalue weighted by atomic mass is 16.2. The van der Waals surface area contributed by atoms with E-state index < -0.39 is 17.9 Å². The molecule has 1 fully saturated rings. The molecule has 3 rings (SSSR count). The van der Waals surface area contributed by atoms with Crippen LogP contribution in [0.2, 0.25) is 0 Å². The number of hydrogen-bond acceptors (Lipinski definition) is 5. The molecular weight excluding hydrogens is 286 g/mol. The van der Waals surface area contributed by atoms with E-state index in [4.69, 9.17) is 5.26 Å². The van der Waals surface area contributed by atoms with Crippen LogP contribution in [0.15, 0.2) is 18.2 Å². The molecule has 2 aromatic rings. The molecule has 1 aromatic carbocycles. The van der Waals surface area contributed by atoms with Gasteiger partial charge < -0.3 is 10.3 Å². The van der Waals surface area contributed by atoms with Crippen LogP contribution in [-0.2, 0) is 9.59 Å². The predicted octanol–water partition coefficient (Wildman–Crippen LogP) is -0.0304. The predicted molar refractivity (Wildman–Crippen MR) is 74.4 cm³/mol. The number of aromatic nitrogens is 2. The number of hydrogen-bond donors (Lipinski definition) is 3. The van der Waals surface area contributed by atoms with E-state index in [0.29, 0.717) is 11.0 Å². The van der Waals surface area contributed by atoms with Crippen molar-refractivity contribution in [3.05, 3.63) is 29.6 Å². The number of carbonyl (C=O) groups is 3. The van der Waals surface area contributed by atoms with Crippen molar-refractivity contribution < 1.29 is 14.4 Å². The van der Waals surface area contributed by atoms with Crippen molar-refractivity contribution >= 4 is 28.8 Å². The van der Waals surface area contributed by atoms with Crippen molar-refractivity contribution in [3.63, 3.8) is 0 Å². The molecule has 22 heavy (non-hydrogen) atoms. The third-order valence-corrected chi connectivity index (χ3v) is 3.41. The number of para-hydroxylation sites is 1. The third-order valence-electron chi connectivity index (χ3n) is 3.41. The van der Waals surface area contributed by atoms with Crippen LogP contribution in [0.1, 0.15) is 29.0 Å². The lowest BCUT2D eigenvalue weighted by Gasteiger charge is -2.21. The lowest BCUT2D eigenvalue weighted by molar-refractivity contribution is -0.134. The lowest BCUT2D eigenvalue weighted by atomic mass is 10.1. The normalized spacial score (nSPS) is 17.9. The Kier molecular flexibility index (Phi) is 3.31. The molecule has 0 aliphatic carbocycles. The first-order chi connectivity index (χ1) is 10.6. The largest absolute Gasteiger partial charge is 0.340 e. The number of amides is 3. The van der Waals surface area contributed by atoms with Gasteiger partial charge >= 0.3 is 0 Å². The van der Waals surface area contributed by atoms with Gasteiger partial charge in [-0.05, 0) is 18.6 Å². The second kappa shape index (κ2) is 5.29. The van der Waals surface area contributed by atoms with E-state index in [2.05, 4.69) is 20.6 Å². The van der Waals surface area contributed by atoms with E-state index in [9.17, 15) is 14.4 Å². The zero-order chi connectivity index (χ0) is 15.7.